The zero-order chi connectivity index (χ0) is 19.9. The third kappa shape index (κ3) is 3.25. The first-order valence-corrected chi connectivity index (χ1v) is 8.86. The van der Waals surface area contributed by atoms with Gasteiger partial charge in [0.2, 0.25) is 0 Å². The van der Waals surface area contributed by atoms with E-state index in [2.05, 4.69) is 36.9 Å². The molecule has 0 radical (unpaired) electrons. The zero-order valence-electron chi connectivity index (χ0n) is 15.3. The normalized spacial score (nSPS) is 12.2. The Hall–Kier alpha value is -3.17. The van der Waals surface area contributed by atoms with E-state index in [4.69, 9.17) is 0 Å². The molecule has 4 aromatic rings. The summed E-state index contributed by atoms with van der Waals surface area (Å²) in [4.78, 5) is 12.2. The van der Waals surface area contributed by atoms with Gasteiger partial charge in [-0.3, -0.25) is 0 Å². The molecule has 0 saturated carbocycles. The molecule has 0 aliphatic carbocycles. The number of fused-ring (bicyclic) bond motifs is 2. The molecule has 0 bridgehead atoms. The summed E-state index contributed by atoms with van der Waals surface area (Å²) in [5.41, 5.74) is 2.54. The number of nitrogens with zero attached hydrogens (tertiary/aromatic N) is 6. The van der Waals surface area contributed by atoms with Gasteiger partial charge in [-0.1, -0.05) is 12.1 Å². The highest BCUT2D eigenvalue weighted by molar-refractivity contribution is 5.75. The second-order valence-corrected chi connectivity index (χ2v) is 6.37. The van der Waals surface area contributed by atoms with Gasteiger partial charge in [-0.05, 0) is 26.0 Å². The highest BCUT2D eigenvalue weighted by Crippen LogP contribution is 2.27. The minimum atomic E-state index is -4.62. The monoisotopic (exact) mass is 389 g/mol. The van der Waals surface area contributed by atoms with Gasteiger partial charge >= 0.3 is 6.18 Å². The van der Waals surface area contributed by atoms with Crippen LogP contribution in [0.5, 0.6) is 0 Å². The van der Waals surface area contributed by atoms with Crippen LogP contribution in [0, 0.1) is 6.92 Å². The smallest absolute Gasteiger partial charge is 0.369 e. The summed E-state index contributed by atoms with van der Waals surface area (Å²) in [6.07, 6.45) is -4.02. The van der Waals surface area contributed by atoms with Crippen LogP contribution in [0.4, 0.5) is 19.0 Å². The largest absolute Gasteiger partial charge is 0.453 e. The summed E-state index contributed by atoms with van der Waals surface area (Å²) >= 11 is 0. The summed E-state index contributed by atoms with van der Waals surface area (Å²) in [6.45, 7) is 5.01. The molecule has 3 aromatic heterocycles. The van der Waals surface area contributed by atoms with Crippen LogP contribution in [0.15, 0.2) is 30.3 Å². The van der Waals surface area contributed by atoms with Crippen LogP contribution < -0.4 is 5.32 Å². The average molecular weight is 389 g/mol. The van der Waals surface area contributed by atoms with Crippen molar-refractivity contribution in [2.45, 2.75) is 33.0 Å². The number of benzene rings is 1. The SMILES string of the molecule is CCn1c(CCNc2cc(C)nc3nc(C(F)(F)F)nn23)nc2ccccc21. The van der Waals surface area contributed by atoms with E-state index in [-0.39, 0.29) is 5.78 Å². The average Bonchev–Trinajstić information content (AvgIpc) is 3.22. The van der Waals surface area contributed by atoms with Crippen LogP contribution in [0.3, 0.4) is 0 Å². The van der Waals surface area contributed by atoms with Crippen molar-refractivity contribution in [3.63, 3.8) is 0 Å². The van der Waals surface area contributed by atoms with Gasteiger partial charge in [-0.25, -0.2) is 9.97 Å². The second-order valence-electron chi connectivity index (χ2n) is 6.37. The Kier molecular flexibility index (Phi) is 4.40. The first-order chi connectivity index (χ1) is 13.4. The number of hydrogen-bond acceptors (Lipinski definition) is 5. The summed E-state index contributed by atoms with van der Waals surface area (Å²) in [5, 5.41) is 6.69. The van der Waals surface area contributed by atoms with Crippen LogP contribution in [-0.2, 0) is 19.1 Å². The molecule has 0 atom stereocenters. The van der Waals surface area contributed by atoms with E-state index in [1.807, 2.05) is 24.3 Å². The topological polar surface area (TPSA) is 72.9 Å². The van der Waals surface area contributed by atoms with Crippen molar-refractivity contribution < 1.29 is 13.2 Å². The molecule has 0 unspecified atom stereocenters. The van der Waals surface area contributed by atoms with Gasteiger partial charge in [0, 0.05) is 31.3 Å². The van der Waals surface area contributed by atoms with Gasteiger partial charge in [0.05, 0.1) is 11.0 Å². The number of aromatic nitrogens is 6. The molecule has 10 heteroatoms. The van der Waals surface area contributed by atoms with Crippen LogP contribution >= 0.6 is 0 Å². The third-order valence-electron chi connectivity index (χ3n) is 4.40. The molecule has 3 heterocycles. The lowest BCUT2D eigenvalue weighted by atomic mass is 10.3. The van der Waals surface area contributed by atoms with Crippen molar-refractivity contribution >= 4 is 22.6 Å². The Morgan fingerprint density at radius 1 is 1.11 bits per heavy atom. The molecule has 4 rings (SSSR count). The number of para-hydroxylation sites is 2. The Balaban J connectivity index is 1.59. The van der Waals surface area contributed by atoms with Gasteiger partial charge in [0.15, 0.2) is 0 Å². The zero-order valence-corrected chi connectivity index (χ0v) is 15.3. The quantitative estimate of drug-likeness (QED) is 0.566. The molecule has 0 aliphatic rings. The van der Waals surface area contributed by atoms with Gasteiger partial charge in [-0.2, -0.15) is 22.7 Å². The van der Waals surface area contributed by atoms with E-state index in [1.54, 1.807) is 13.0 Å². The number of halogens is 3. The van der Waals surface area contributed by atoms with Crippen molar-refractivity contribution in [1.82, 2.24) is 29.1 Å². The summed E-state index contributed by atoms with van der Waals surface area (Å²) in [5.74, 6) is 0.0227. The van der Waals surface area contributed by atoms with Crippen LogP contribution in [0.25, 0.3) is 16.8 Å². The lowest BCUT2D eigenvalue weighted by molar-refractivity contribution is -0.144. The number of alkyl halides is 3. The molecular formula is C18H18F3N7. The van der Waals surface area contributed by atoms with Crippen LogP contribution in [0.2, 0.25) is 0 Å². The van der Waals surface area contributed by atoms with Crippen molar-refractivity contribution in [2.24, 2.45) is 0 Å². The standard InChI is InChI=1S/C18H18F3N7/c1-3-27-13-7-5-4-6-12(13)24-14(27)8-9-22-15-10-11(2)23-17-25-16(18(19,20)21)26-28(15)17/h4-7,10,22H,3,8-9H2,1-2H3. The summed E-state index contributed by atoms with van der Waals surface area (Å²) < 4.78 is 42.0. The molecule has 1 aromatic carbocycles. The fraction of sp³-hybridized carbons (Fsp3) is 0.333. The van der Waals surface area contributed by atoms with Gasteiger partial charge in [0.25, 0.3) is 11.6 Å². The highest BCUT2D eigenvalue weighted by Gasteiger charge is 2.36. The number of hydrogen-bond donors (Lipinski definition) is 1. The number of imidazole rings is 1. The highest BCUT2D eigenvalue weighted by atomic mass is 19.4. The minimum absolute atomic E-state index is 0.0874. The van der Waals surface area contributed by atoms with Crippen molar-refractivity contribution in [1.29, 1.82) is 0 Å². The Labute approximate surface area is 158 Å². The molecule has 146 valence electrons. The Morgan fingerprint density at radius 2 is 1.89 bits per heavy atom. The van der Waals surface area contributed by atoms with E-state index < -0.39 is 12.0 Å². The van der Waals surface area contributed by atoms with E-state index in [1.165, 1.54) is 0 Å². The van der Waals surface area contributed by atoms with Gasteiger partial charge < -0.3 is 9.88 Å². The van der Waals surface area contributed by atoms with Crippen molar-refractivity contribution in [3.8, 4) is 0 Å². The minimum Gasteiger partial charge on any atom is -0.369 e. The first-order valence-electron chi connectivity index (χ1n) is 8.86. The Morgan fingerprint density at radius 3 is 2.64 bits per heavy atom. The molecule has 28 heavy (non-hydrogen) atoms. The molecule has 1 N–H and O–H groups in total. The van der Waals surface area contributed by atoms with Crippen molar-refractivity contribution in [3.05, 3.63) is 47.7 Å². The number of rotatable bonds is 5. The number of nitrogens with one attached hydrogen (secondary N) is 1. The second kappa shape index (κ2) is 6.77. The molecular weight excluding hydrogens is 371 g/mol. The van der Waals surface area contributed by atoms with Crippen LogP contribution in [-0.4, -0.2) is 35.7 Å². The molecule has 7 nitrogen and oxygen atoms in total. The lowest BCUT2D eigenvalue weighted by Crippen LogP contribution is -2.13. The number of anilines is 1. The number of aryl methyl sites for hydroxylation is 2. The maximum Gasteiger partial charge on any atom is 0.453 e. The summed E-state index contributed by atoms with van der Waals surface area (Å²) in [7, 11) is 0. The molecule has 0 spiro atoms. The molecule has 0 saturated heterocycles. The van der Waals surface area contributed by atoms with Crippen LogP contribution in [0.1, 0.15) is 24.3 Å². The fourth-order valence-corrected chi connectivity index (χ4v) is 3.20. The van der Waals surface area contributed by atoms with E-state index >= 15 is 0 Å². The predicted molar refractivity (Wildman–Crippen MR) is 98.1 cm³/mol. The van der Waals surface area contributed by atoms with E-state index in [9.17, 15) is 13.2 Å². The summed E-state index contributed by atoms with van der Waals surface area (Å²) in [6, 6.07) is 9.54. The van der Waals surface area contributed by atoms with Gasteiger partial charge in [-0.15, -0.1) is 5.10 Å². The van der Waals surface area contributed by atoms with Crippen molar-refractivity contribution in [2.75, 3.05) is 11.9 Å². The Bertz CT molecular complexity index is 1140. The molecule has 0 fully saturated rings. The maximum absolute atomic E-state index is 12.9. The predicted octanol–water partition coefficient (Wildman–Crippen LogP) is 3.48. The lowest BCUT2D eigenvalue weighted by Gasteiger charge is -2.09. The van der Waals surface area contributed by atoms with E-state index in [0.717, 1.165) is 27.9 Å². The molecule has 0 amide bonds. The third-order valence-corrected chi connectivity index (χ3v) is 4.40. The first kappa shape index (κ1) is 18.2. The van der Waals surface area contributed by atoms with E-state index in [0.29, 0.717) is 24.5 Å². The van der Waals surface area contributed by atoms with Gasteiger partial charge in [0.1, 0.15) is 11.6 Å². The molecule has 0 aliphatic heterocycles. The fourth-order valence-electron chi connectivity index (χ4n) is 3.20. The maximum atomic E-state index is 12.9.